The largest absolute Gasteiger partial charge is 0.497 e. The van der Waals surface area contributed by atoms with Crippen LogP contribution in [0.4, 0.5) is 0 Å². The monoisotopic (exact) mass is 386 g/mol. The number of likely N-dealkylation sites (N-methyl/N-ethyl adjacent to an activating group) is 1. The Morgan fingerprint density at radius 1 is 1.11 bits per heavy atom. The van der Waals surface area contributed by atoms with Gasteiger partial charge in [0.2, 0.25) is 0 Å². The van der Waals surface area contributed by atoms with Crippen LogP contribution in [0, 0.1) is 13.8 Å². The summed E-state index contributed by atoms with van der Waals surface area (Å²) >= 11 is 0. The Hall–Kier alpha value is -3.09. The Labute approximate surface area is 164 Å². The van der Waals surface area contributed by atoms with E-state index < -0.39 is 12.0 Å². The Bertz CT molecular complexity index is 883. The molecular weight excluding hydrogens is 360 g/mol. The number of rotatable bonds is 7. The molecule has 2 aromatic rings. The zero-order chi connectivity index (χ0) is 21.0. The van der Waals surface area contributed by atoms with Crippen LogP contribution in [0.1, 0.15) is 56.3 Å². The molecule has 1 aromatic heterocycles. The van der Waals surface area contributed by atoms with Crippen LogP contribution in [0.2, 0.25) is 0 Å². The number of carbonyl (C=O) groups is 3. The van der Waals surface area contributed by atoms with Gasteiger partial charge in [-0.15, -0.1) is 0 Å². The summed E-state index contributed by atoms with van der Waals surface area (Å²) in [4.78, 5) is 42.4. The van der Waals surface area contributed by atoms with E-state index in [-0.39, 0.29) is 17.4 Å². The number of Topliss-reactive ketones (excluding diaryl/α,β-unsaturated/α-hetero) is 1. The third kappa shape index (κ3) is 3.93. The Morgan fingerprint density at radius 2 is 1.71 bits per heavy atom. The van der Waals surface area contributed by atoms with Gasteiger partial charge in [0.1, 0.15) is 11.4 Å². The number of aromatic nitrogens is 1. The lowest BCUT2D eigenvalue weighted by molar-refractivity contribution is 0.0593. The lowest BCUT2D eigenvalue weighted by atomic mass is 9.99. The number of nitrogens with one attached hydrogen (secondary N) is 1. The van der Waals surface area contributed by atoms with Crippen LogP contribution in [-0.2, 0) is 4.74 Å². The molecule has 0 radical (unpaired) electrons. The highest BCUT2D eigenvalue weighted by atomic mass is 16.5. The molecule has 150 valence electrons. The number of H-pyrrole nitrogens is 1. The summed E-state index contributed by atoms with van der Waals surface area (Å²) in [5.41, 5.74) is 2.23. The Morgan fingerprint density at radius 3 is 2.21 bits per heavy atom. The van der Waals surface area contributed by atoms with Gasteiger partial charge >= 0.3 is 5.97 Å². The topological polar surface area (TPSA) is 88.7 Å². The quantitative estimate of drug-likeness (QED) is 0.583. The van der Waals surface area contributed by atoms with Crippen LogP contribution in [0.15, 0.2) is 24.3 Å². The average molecular weight is 386 g/mol. The van der Waals surface area contributed by atoms with E-state index in [4.69, 9.17) is 9.47 Å². The molecule has 0 unspecified atom stereocenters. The molecule has 28 heavy (non-hydrogen) atoms. The van der Waals surface area contributed by atoms with Crippen molar-refractivity contribution in [3.63, 3.8) is 0 Å². The fourth-order valence-corrected chi connectivity index (χ4v) is 3.27. The second-order valence-electron chi connectivity index (χ2n) is 6.48. The van der Waals surface area contributed by atoms with Crippen LogP contribution < -0.4 is 4.74 Å². The molecule has 1 heterocycles. The second-order valence-corrected chi connectivity index (χ2v) is 6.48. The summed E-state index contributed by atoms with van der Waals surface area (Å²) in [6, 6.07) is 6.05. The van der Waals surface area contributed by atoms with Crippen molar-refractivity contribution >= 4 is 17.7 Å². The molecular formula is C21H26N2O5. The first kappa shape index (κ1) is 21.2. The number of methoxy groups -OCH3 is 2. The number of benzene rings is 1. The number of ether oxygens (including phenoxy) is 2. The van der Waals surface area contributed by atoms with Gasteiger partial charge in [-0.05, 0) is 57.5 Å². The third-order valence-electron chi connectivity index (χ3n) is 4.86. The minimum absolute atomic E-state index is 0.231. The summed E-state index contributed by atoms with van der Waals surface area (Å²) in [6.07, 6.45) is 0. The van der Waals surface area contributed by atoms with Gasteiger partial charge < -0.3 is 19.4 Å². The highest BCUT2D eigenvalue weighted by Gasteiger charge is 2.30. The summed E-state index contributed by atoms with van der Waals surface area (Å²) in [7, 11) is 2.84. The number of carbonyl (C=O) groups excluding carboxylic acids is 3. The molecule has 0 aliphatic rings. The Kier molecular flexibility index (Phi) is 6.62. The molecule has 0 saturated carbocycles. The highest BCUT2D eigenvalue weighted by Crippen LogP contribution is 2.23. The van der Waals surface area contributed by atoms with Crippen LogP contribution in [-0.4, -0.2) is 54.3 Å². The molecule has 1 atom stereocenters. The summed E-state index contributed by atoms with van der Waals surface area (Å²) in [5, 5.41) is 0. The molecule has 0 spiro atoms. The molecule has 1 amide bonds. The predicted octanol–water partition coefficient (Wildman–Crippen LogP) is 3.16. The van der Waals surface area contributed by atoms with E-state index in [1.165, 1.54) is 12.0 Å². The highest BCUT2D eigenvalue weighted by molar-refractivity contribution is 6.07. The van der Waals surface area contributed by atoms with Crippen molar-refractivity contribution in [1.29, 1.82) is 0 Å². The third-order valence-corrected chi connectivity index (χ3v) is 4.86. The summed E-state index contributed by atoms with van der Waals surface area (Å²) in [6.45, 7) is 7.29. The van der Waals surface area contributed by atoms with Gasteiger partial charge in [-0.25, -0.2) is 4.79 Å². The number of ketones is 1. The minimum atomic E-state index is -0.696. The molecule has 0 aliphatic heterocycles. The van der Waals surface area contributed by atoms with Crippen molar-refractivity contribution in [2.45, 2.75) is 33.7 Å². The summed E-state index contributed by atoms with van der Waals surface area (Å²) in [5.74, 6) is -0.359. The van der Waals surface area contributed by atoms with Crippen molar-refractivity contribution in [1.82, 2.24) is 9.88 Å². The molecule has 1 N–H and O–H groups in total. The van der Waals surface area contributed by atoms with E-state index in [9.17, 15) is 14.4 Å². The van der Waals surface area contributed by atoms with Gasteiger partial charge in [0.15, 0.2) is 5.78 Å². The molecule has 0 saturated heterocycles. The van der Waals surface area contributed by atoms with E-state index in [1.54, 1.807) is 52.1 Å². The van der Waals surface area contributed by atoms with E-state index in [0.717, 1.165) is 0 Å². The lowest BCUT2D eigenvalue weighted by Crippen LogP contribution is -2.43. The van der Waals surface area contributed by atoms with Crippen LogP contribution in [0.3, 0.4) is 0 Å². The van der Waals surface area contributed by atoms with Crippen molar-refractivity contribution < 1.29 is 23.9 Å². The maximum atomic E-state index is 13.2. The Balaban J connectivity index is 2.33. The first-order valence-corrected chi connectivity index (χ1v) is 9.03. The van der Waals surface area contributed by atoms with Gasteiger partial charge in [-0.3, -0.25) is 9.59 Å². The predicted molar refractivity (Wildman–Crippen MR) is 105 cm³/mol. The van der Waals surface area contributed by atoms with E-state index in [0.29, 0.717) is 34.7 Å². The standard InChI is InChI=1S/C21H26N2O5/c1-7-23(20(25)15-8-10-16(27-5)11-9-15)14(4)19(24)17-12(2)18(21(26)28-6)22-13(17)3/h8-11,14,22H,7H2,1-6H3/t14-/m1/s1. The fraction of sp³-hybridized carbons (Fsp3) is 0.381. The lowest BCUT2D eigenvalue weighted by Gasteiger charge is -2.27. The van der Waals surface area contributed by atoms with E-state index in [2.05, 4.69) is 4.98 Å². The number of esters is 1. The van der Waals surface area contributed by atoms with Gasteiger partial charge in [0.25, 0.3) is 5.91 Å². The van der Waals surface area contributed by atoms with Crippen molar-refractivity contribution in [2.75, 3.05) is 20.8 Å². The molecule has 1 aromatic carbocycles. The molecule has 0 fully saturated rings. The maximum absolute atomic E-state index is 13.2. The first-order valence-electron chi connectivity index (χ1n) is 9.03. The smallest absolute Gasteiger partial charge is 0.354 e. The van der Waals surface area contributed by atoms with Gasteiger partial charge in [0, 0.05) is 23.4 Å². The van der Waals surface area contributed by atoms with E-state index >= 15 is 0 Å². The maximum Gasteiger partial charge on any atom is 0.354 e. The SMILES string of the molecule is CCN(C(=O)c1ccc(OC)cc1)[C@H](C)C(=O)c1c(C)[nH]c(C(=O)OC)c1C. The zero-order valence-corrected chi connectivity index (χ0v) is 17.1. The van der Waals surface area contributed by atoms with Crippen molar-refractivity contribution in [3.8, 4) is 5.75 Å². The van der Waals surface area contributed by atoms with Crippen molar-refractivity contribution in [2.24, 2.45) is 0 Å². The van der Waals surface area contributed by atoms with Gasteiger partial charge in [-0.2, -0.15) is 0 Å². The summed E-state index contributed by atoms with van der Waals surface area (Å²) < 4.78 is 9.87. The minimum Gasteiger partial charge on any atom is -0.497 e. The van der Waals surface area contributed by atoms with Gasteiger partial charge in [-0.1, -0.05) is 0 Å². The fourth-order valence-electron chi connectivity index (χ4n) is 3.27. The molecule has 0 aliphatic carbocycles. The normalized spacial score (nSPS) is 11.6. The molecule has 2 rings (SSSR count). The number of aryl methyl sites for hydroxylation is 1. The van der Waals surface area contributed by atoms with E-state index in [1.807, 2.05) is 6.92 Å². The molecule has 7 heteroatoms. The van der Waals surface area contributed by atoms with Crippen molar-refractivity contribution in [3.05, 3.63) is 52.3 Å². The second kappa shape index (κ2) is 8.73. The van der Waals surface area contributed by atoms with Crippen LogP contribution >= 0.6 is 0 Å². The first-order chi connectivity index (χ1) is 13.3. The van der Waals surface area contributed by atoms with Gasteiger partial charge in [0.05, 0.1) is 20.3 Å². The average Bonchev–Trinajstić information content (AvgIpc) is 3.01. The number of hydrogen-bond donors (Lipinski definition) is 1. The number of hydrogen-bond acceptors (Lipinski definition) is 5. The molecule has 7 nitrogen and oxygen atoms in total. The number of nitrogens with zero attached hydrogens (tertiary/aromatic N) is 1. The number of aromatic amines is 1. The molecule has 0 bridgehead atoms. The van der Waals surface area contributed by atoms with Crippen LogP contribution in [0.5, 0.6) is 5.75 Å². The zero-order valence-electron chi connectivity index (χ0n) is 17.1. The van der Waals surface area contributed by atoms with Crippen LogP contribution in [0.25, 0.3) is 0 Å². The number of amides is 1.